The predicted octanol–water partition coefficient (Wildman–Crippen LogP) is 3.09. The van der Waals surface area contributed by atoms with Gasteiger partial charge in [-0.25, -0.2) is 4.98 Å². The van der Waals surface area contributed by atoms with Gasteiger partial charge in [0.2, 0.25) is 0 Å². The Morgan fingerprint density at radius 1 is 1.10 bits per heavy atom. The highest BCUT2D eigenvalue weighted by molar-refractivity contribution is 5.95. The normalized spacial score (nSPS) is 15.7. The molecule has 1 N–H and O–H groups in total. The van der Waals surface area contributed by atoms with Crippen LogP contribution in [-0.4, -0.2) is 42.0 Å². The Morgan fingerprint density at radius 2 is 2.03 bits per heavy atom. The Hall–Kier alpha value is -3.94. The summed E-state index contributed by atoms with van der Waals surface area (Å²) < 4.78 is 10.0. The average molecular weight is 397 g/mol. The fourth-order valence-electron chi connectivity index (χ4n) is 4.02. The summed E-state index contributed by atoms with van der Waals surface area (Å²) in [6.07, 6.45) is 4.38. The second-order valence-corrected chi connectivity index (χ2v) is 7.45. The molecule has 1 unspecified atom stereocenters. The maximum atomic E-state index is 6.09. The Labute approximate surface area is 172 Å². The molecular formula is C22H19N7O. The van der Waals surface area contributed by atoms with Crippen LogP contribution in [0.15, 0.2) is 60.9 Å². The molecule has 5 heterocycles. The van der Waals surface area contributed by atoms with Crippen LogP contribution < -0.4 is 10.1 Å². The van der Waals surface area contributed by atoms with Gasteiger partial charge in [-0.2, -0.15) is 9.61 Å². The van der Waals surface area contributed by atoms with E-state index in [1.807, 2.05) is 34.8 Å². The Morgan fingerprint density at radius 3 is 3.00 bits per heavy atom. The predicted molar refractivity (Wildman–Crippen MR) is 114 cm³/mol. The molecule has 4 aromatic heterocycles. The van der Waals surface area contributed by atoms with Crippen LogP contribution in [0.3, 0.4) is 0 Å². The highest BCUT2D eigenvalue weighted by atomic mass is 16.5. The quantitative estimate of drug-likeness (QED) is 0.504. The molecule has 0 spiro atoms. The van der Waals surface area contributed by atoms with Crippen LogP contribution in [0, 0.1) is 0 Å². The first-order chi connectivity index (χ1) is 14.8. The molecule has 0 aliphatic carbocycles. The zero-order chi connectivity index (χ0) is 20.1. The first kappa shape index (κ1) is 17.0. The van der Waals surface area contributed by atoms with Gasteiger partial charge in [-0.15, -0.1) is 10.2 Å². The topological polar surface area (TPSA) is 82.2 Å². The summed E-state index contributed by atoms with van der Waals surface area (Å²) >= 11 is 0. The van der Waals surface area contributed by atoms with Gasteiger partial charge in [0, 0.05) is 42.3 Å². The number of anilines is 1. The minimum absolute atomic E-state index is 0.0721. The molecule has 0 amide bonds. The second kappa shape index (κ2) is 6.55. The van der Waals surface area contributed by atoms with Crippen LogP contribution in [0.2, 0.25) is 0 Å². The summed E-state index contributed by atoms with van der Waals surface area (Å²) in [7, 11) is 2.05. The molecule has 0 fully saturated rings. The molecule has 1 aromatic carbocycles. The lowest BCUT2D eigenvalue weighted by molar-refractivity contribution is 0.202. The fraction of sp³-hybridized carbons (Fsp3) is 0.182. The number of hydrogen-bond acceptors (Lipinski definition) is 6. The van der Waals surface area contributed by atoms with Gasteiger partial charge in [-0.05, 0) is 30.3 Å². The second-order valence-electron chi connectivity index (χ2n) is 7.45. The number of para-hydroxylation sites is 1. The van der Waals surface area contributed by atoms with E-state index in [-0.39, 0.29) is 6.10 Å². The summed E-state index contributed by atoms with van der Waals surface area (Å²) in [6, 6.07) is 16.1. The number of pyridine rings is 1. The number of fused-ring (bicyclic) bond motifs is 3. The third-order valence-corrected chi connectivity index (χ3v) is 5.47. The molecule has 0 radical (unpaired) electrons. The molecule has 1 aliphatic heterocycles. The van der Waals surface area contributed by atoms with Crippen LogP contribution in [0.4, 0.5) is 5.82 Å². The van der Waals surface area contributed by atoms with Crippen LogP contribution in [-0.2, 0) is 13.5 Å². The summed E-state index contributed by atoms with van der Waals surface area (Å²) in [4.78, 5) is 4.29. The first-order valence-corrected chi connectivity index (χ1v) is 9.87. The van der Waals surface area contributed by atoms with E-state index in [4.69, 9.17) is 9.84 Å². The zero-order valence-corrected chi connectivity index (χ0v) is 16.4. The third-order valence-electron chi connectivity index (χ3n) is 5.47. The standard InChI is InChI=1S/C22H19N7O/c1-28-13-16(15-5-2-3-6-18(15)28)17-8-9-20-25-26-21(29(20)27-17)11-14-12-24-22-19(30-14)7-4-10-23-22/h2-10,13-14H,11-12H2,1H3,(H,23,24). The first-order valence-electron chi connectivity index (χ1n) is 9.87. The lowest BCUT2D eigenvalue weighted by Crippen LogP contribution is -2.33. The van der Waals surface area contributed by atoms with Crippen molar-refractivity contribution in [2.75, 3.05) is 11.9 Å². The van der Waals surface area contributed by atoms with Crippen molar-refractivity contribution in [2.24, 2.45) is 7.05 Å². The third kappa shape index (κ3) is 2.68. The molecule has 0 saturated carbocycles. The molecule has 148 valence electrons. The van der Waals surface area contributed by atoms with Gasteiger partial charge in [0.1, 0.15) is 6.10 Å². The van der Waals surface area contributed by atoms with Crippen molar-refractivity contribution in [3.05, 3.63) is 66.7 Å². The van der Waals surface area contributed by atoms with Crippen LogP contribution >= 0.6 is 0 Å². The Bertz CT molecular complexity index is 1390. The van der Waals surface area contributed by atoms with E-state index in [0.717, 1.165) is 34.3 Å². The van der Waals surface area contributed by atoms with E-state index in [9.17, 15) is 0 Å². The summed E-state index contributed by atoms with van der Waals surface area (Å²) in [5, 5.41) is 18.0. The lowest BCUT2D eigenvalue weighted by Gasteiger charge is -2.25. The van der Waals surface area contributed by atoms with Gasteiger partial charge in [-0.3, -0.25) is 0 Å². The molecule has 30 heavy (non-hydrogen) atoms. The monoisotopic (exact) mass is 397 g/mol. The van der Waals surface area contributed by atoms with E-state index in [1.165, 1.54) is 10.9 Å². The molecule has 8 nitrogen and oxygen atoms in total. The largest absolute Gasteiger partial charge is 0.484 e. The number of aromatic nitrogens is 6. The van der Waals surface area contributed by atoms with E-state index in [2.05, 4.69) is 56.5 Å². The Kier molecular flexibility index (Phi) is 3.70. The number of benzene rings is 1. The molecule has 0 bridgehead atoms. The number of nitrogens with one attached hydrogen (secondary N) is 1. The van der Waals surface area contributed by atoms with Crippen molar-refractivity contribution in [3.63, 3.8) is 0 Å². The van der Waals surface area contributed by atoms with Gasteiger partial charge in [0.25, 0.3) is 0 Å². The van der Waals surface area contributed by atoms with E-state index in [0.29, 0.717) is 13.0 Å². The Balaban J connectivity index is 1.36. The van der Waals surface area contributed by atoms with Gasteiger partial charge < -0.3 is 14.6 Å². The van der Waals surface area contributed by atoms with Gasteiger partial charge in [0.15, 0.2) is 23.0 Å². The number of aryl methyl sites for hydroxylation is 1. The van der Waals surface area contributed by atoms with Crippen LogP contribution in [0.25, 0.3) is 27.8 Å². The van der Waals surface area contributed by atoms with Gasteiger partial charge >= 0.3 is 0 Å². The van der Waals surface area contributed by atoms with Crippen LogP contribution in [0.1, 0.15) is 5.82 Å². The molecule has 1 atom stereocenters. The van der Waals surface area contributed by atoms with Crippen molar-refractivity contribution in [1.82, 2.24) is 29.4 Å². The smallest absolute Gasteiger partial charge is 0.177 e. The van der Waals surface area contributed by atoms with Crippen molar-refractivity contribution in [1.29, 1.82) is 0 Å². The summed E-state index contributed by atoms with van der Waals surface area (Å²) in [5.41, 5.74) is 3.87. The SMILES string of the molecule is Cn1cc(-c2ccc3nnc(CC4CNc5ncccc5O4)n3n2)c2ccccc21. The highest BCUT2D eigenvalue weighted by Gasteiger charge is 2.23. The average Bonchev–Trinajstić information content (AvgIpc) is 3.34. The maximum absolute atomic E-state index is 6.09. The van der Waals surface area contributed by atoms with Crippen molar-refractivity contribution in [2.45, 2.75) is 12.5 Å². The maximum Gasteiger partial charge on any atom is 0.177 e. The van der Waals surface area contributed by atoms with E-state index >= 15 is 0 Å². The minimum Gasteiger partial charge on any atom is -0.484 e. The molecule has 1 aliphatic rings. The molecular weight excluding hydrogens is 378 g/mol. The molecule has 5 aromatic rings. The minimum atomic E-state index is -0.0721. The van der Waals surface area contributed by atoms with Crippen molar-refractivity contribution < 1.29 is 4.74 Å². The molecule has 6 rings (SSSR count). The highest BCUT2D eigenvalue weighted by Crippen LogP contribution is 2.29. The number of rotatable bonds is 3. The van der Waals surface area contributed by atoms with Gasteiger partial charge in [-0.1, -0.05) is 18.2 Å². The number of ether oxygens (including phenoxy) is 1. The summed E-state index contributed by atoms with van der Waals surface area (Å²) in [6.45, 7) is 0.655. The molecule has 8 heteroatoms. The van der Waals surface area contributed by atoms with Crippen LogP contribution in [0.5, 0.6) is 5.75 Å². The lowest BCUT2D eigenvalue weighted by atomic mass is 10.1. The zero-order valence-electron chi connectivity index (χ0n) is 16.4. The van der Waals surface area contributed by atoms with E-state index in [1.54, 1.807) is 6.20 Å². The van der Waals surface area contributed by atoms with Crippen molar-refractivity contribution in [3.8, 4) is 17.0 Å². The van der Waals surface area contributed by atoms with E-state index < -0.39 is 0 Å². The van der Waals surface area contributed by atoms with Crippen molar-refractivity contribution >= 4 is 22.4 Å². The fourth-order valence-corrected chi connectivity index (χ4v) is 4.02. The molecule has 0 saturated heterocycles. The number of hydrogen-bond donors (Lipinski definition) is 1. The van der Waals surface area contributed by atoms with Gasteiger partial charge in [0.05, 0.1) is 12.2 Å². The number of nitrogens with zero attached hydrogens (tertiary/aromatic N) is 6. The summed E-state index contributed by atoms with van der Waals surface area (Å²) in [5.74, 6) is 2.30.